The van der Waals surface area contributed by atoms with Gasteiger partial charge in [-0.15, -0.1) is 0 Å². The molecular formula is C11H9NO4. The predicted molar refractivity (Wildman–Crippen MR) is 55.9 cm³/mol. The van der Waals surface area contributed by atoms with Gasteiger partial charge in [-0.05, 0) is 29.7 Å². The van der Waals surface area contributed by atoms with Gasteiger partial charge in [-0.3, -0.25) is 10.1 Å². The monoisotopic (exact) mass is 219 g/mol. The Kier molecular flexibility index (Phi) is 1.86. The lowest BCUT2D eigenvalue weighted by Crippen LogP contribution is -2.06. The van der Waals surface area contributed by atoms with Gasteiger partial charge in [0.05, 0.1) is 4.92 Å². The lowest BCUT2D eigenvalue weighted by Gasteiger charge is -2.12. The Bertz CT molecular complexity index is 507. The highest BCUT2D eigenvalue weighted by Crippen LogP contribution is 2.37. The average Bonchev–Trinajstić information content (AvgIpc) is 2.71. The van der Waals surface area contributed by atoms with E-state index in [1.54, 1.807) is 12.1 Å². The third kappa shape index (κ3) is 1.32. The number of hydrogen-bond acceptors (Lipinski definition) is 4. The SMILES string of the molecule is O=[N+]([O-])C1=Cc2cc3c(cc2CC1)OCO3. The summed E-state index contributed by atoms with van der Waals surface area (Å²) >= 11 is 0. The summed E-state index contributed by atoms with van der Waals surface area (Å²) < 4.78 is 10.5. The van der Waals surface area contributed by atoms with Crippen LogP contribution in [0.25, 0.3) is 6.08 Å². The molecule has 2 aliphatic rings. The Morgan fingerprint density at radius 2 is 1.94 bits per heavy atom. The summed E-state index contributed by atoms with van der Waals surface area (Å²) in [5, 5.41) is 10.7. The third-order valence-electron chi connectivity index (χ3n) is 2.84. The first-order chi connectivity index (χ1) is 7.74. The van der Waals surface area contributed by atoms with Crippen LogP contribution in [0.4, 0.5) is 0 Å². The third-order valence-corrected chi connectivity index (χ3v) is 2.84. The molecule has 0 aromatic heterocycles. The molecule has 0 spiro atoms. The van der Waals surface area contributed by atoms with E-state index in [4.69, 9.17) is 9.47 Å². The zero-order valence-corrected chi connectivity index (χ0v) is 8.43. The molecule has 1 aromatic carbocycles. The quantitative estimate of drug-likeness (QED) is 0.535. The van der Waals surface area contributed by atoms with Crippen molar-refractivity contribution >= 4 is 6.08 Å². The van der Waals surface area contributed by atoms with Crippen molar-refractivity contribution in [2.75, 3.05) is 6.79 Å². The normalized spacial score (nSPS) is 16.6. The van der Waals surface area contributed by atoms with Gasteiger partial charge < -0.3 is 9.47 Å². The van der Waals surface area contributed by atoms with Crippen LogP contribution < -0.4 is 9.47 Å². The number of nitrogens with zero attached hydrogens (tertiary/aromatic N) is 1. The Hall–Kier alpha value is -2.04. The molecule has 0 amide bonds. The van der Waals surface area contributed by atoms with Crippen molar-refractivity contribution in [3.05, 3.63) is 39.1 Å². The average molecular weight is 219 g/mol. The van der Waals surface area contributed by atoms with E-state index in [9.17, 15) is 10.1 Å². The topological polar surface area (TPSA) is 61.6 Å². The zero-order chi connectivity index (χ0) is 11.1. The number of rotatable bonds is 1. The number of aryl methyl sites for hydroxylation is 1. The van der Waals surface area contributed by atoms with Crippen molar-refractivity contribution in [1.82, 2.24) is 0 Å². The van der Waals surface area contributed by atoms with E-state index in [-0.39, 0.29) is 17.4 Å². The molecule has 0 atom stereocenters. The second-order valence-corrected chi connectivity index (χ2v) is 3.80. The highest BCUT2D eigenvalue weighted by Gasteiger charge is 2.22. The summed E-state index contributed by atoms with van der Waals surface area (Å²) in [6.45, 7) is 0.226. The fourth-order valence-corrected chi connectivity index (χ4v) is 2.01. The van der Waals surface area contributed by atoms with Gasteiger partial charge in [0.1, 0.15) is 0 Å². The minimum atomic E-state index is -0.326. The van der Waals surface area contributed by atoms with Gasteiger partial charge in [0.15, 0.2) is 11.5 Å². The van der Waals surface area contributed by atoms with E-state index in [1.807, 2.05) is 6.07 Å². The van der Waals surface area contributed by atoms with Crippen LogP contribution in [0.3, 0.4) is 0 Å². The minimum absolute atomic E-state index is 0.226. The van der Waals surface area contributed by atoms with Crippen LogP contribution in [-0.2, 0) is 6.42 Å². The van der Waals surface area contributed by atoms with Gasteiger partial charge >= 0.3 is 0 Å². The standard InChI is InChI=1S/C11H9NO4/c13-12(14)9-2-1-7-4-10-11(16-6-15-10)5-8(7)3-9/h3-5H,1-2,6H2. The number of benzene rings is 1. The molecule has 0 fully saturated rings. The summed E-state index contributed by atoms with van der Waals surface area (Å²) in [5.41, 5.74) is 2.20. The molecule has 3 rings (SSSR count). The molecule has 0 bridgehead atoms. The van der Waals surface area contributed by atoms with Crippen LogP contribution in [0.1, 0.15) is 17.5 Å². The van der Waals surface area contributed by atoms with Crippen molar-refractivity contribution < 1.29 is 14.4 Å². The summed E-state index contributed by atoms with van der Waals surface area (Å²) in [4.78, 5) is 10.4. The number of allylic oxidation sites excluding steroid dienone is 1. The van der Waals surface area contributed by atoms with E-state index < -0.39 is 0 Å². The molecule has 1 aliphatic heterocycles. The van der Waals surface area contributed by atoms with Crippen molar-refractivity contribution in [2.24, 2.45) is 0 Å². The molecule has 0 N–H and O–H groups in total. The molecule has 82 valence electrons. The molecule has 16 heavy (non-hydrogen) atoms. The highest BCUT2D eigenvalue weighted by molar-refractivity contribution is 5.63. The fourth-order valence-electron chi connectivity index (χ4n) is 2.01. The summed E-state index contributed by atoms with van der Waals surface area (Å²) in [6.07, 6.45) is 2.76. The molecule has 1 aromatic rings. The van der Waals surface area contributed by atoms with Crippen LogP contribution in [0, 0.1) is 10.1 Å². The van der Waals surface area contributed by atoms with Crippen LogP contribution in [0.15, 0.2) is 17.8 Å². The number of nitro groups is 1. The Morgan fingerprint density at radius 3 is 2.69 bits per heavy atom. The maximum Gasteiger partial charge on any atom is 0.247 e. The van der Waals surface area contributed by atoms with Gasteiger partial charge in [-0.25, -0.2) is 0 Å². The molecule has 0 unspecified atom stereocenters. The smallest absolute Gasteiger partial charge is 0.247 e. The van der Waals surface area contributed by atoms with Crippen molar-refractivity contribution in [2.45, 2.75) is 12.8 Å². The Balaban J connectivity index is 2.09. The highest BCUT2D eigenvalue weighted by atomic mass is 16.7. The Morgan fingerprint density at radius 1 is 1.19 bits per heavy atom. The first kappa shape index (κ1) is 9.21. The molecule has 1 heterocycles. The van der Waals surface area contributed by atoms with Crippen LogP contribution in [-0.4, -0.2) is 11.7 Å². The lowest BCUT2D eigenvalue weighted by atomic mass is 9.95. The number of ether oxygens (including phenoxy) is 2. The lowest BCUT2D eigenvalue weighted by molar-refractivity contribution is -0.426. The number of hydrogen-bond donors (Lipinski definition) is 0. The molecule has 0 saturated carbocycles. The van der Waals surface area contributed by atoms with Crippen LogP contribution in [0.2, 0.25) is 0 Å². The summed E-state index contributed by atoms with van der Waals surface area (Å²) in [6, 6.07) is 3.71. The van der Waals surface area contributed by atoms with Gasteiger partial charge in [0, 0.05) is 12.5 Å². The second-order valence-electron chi connectivity index (χ2n) is 3.80. The van der Waals surface area contributed by atoms with Crippen molar-refractivity contribution in [3.63, 3.8) is 0 Å². The van der Waals surface area contributed by atoms with E-state index in [1.165, 1.54) is 0 Å². The first-order valence-electron chi connectivity index (χ1n) is 5.01. The Labute approximate surface area is 91.4 Å². The van der Waals surface area contributed by atoms with Crippen LogP contribution in [0.5, 0.6) is 11.5 Å². The predicted octanol–water partition coefficient (Wildman–Crippen LogP) is 1.98. The van der Waals surface area contributed by atoms with E-state index in [0.29, 0.717) is 18.6 Å². The first-order valence-corrected chi connectivity index (χ1v) is 5.01. The van der Waals surface area contributed by atoms with E-state index in [2.05, 4.69) is 0 Å². The minimum Gasteiger partial charge on any atom is -0.454 e. The second kappa shape index (κ2) is 3.23. The van der Waals surface area contributed by atoms with Gasteiger partial charge in [0.2, 0.25) is 12.5 Å². The molecule has 5 heteroatoms. The van der Waals surface area contributed by atoms with Crippen molar-refractivity contribution in [1.29, 1.82) is 0 Å². The molecule has 0 radical (unpaired) electrons. The van der Waals surface area contributed by atoms with Gasteiger partial charge in [-0.2, -0.15) is 0 Å². The van der Waals surface area contributed by atoms with E-state index in [0.717, 1.165) is 16.9 Å². The van der Waals surface area contributed by atoms with Gasteiger partial charge in [0.25, 0.3) is 0 Å². The molecule has 1 aliphatic carbocycles. The molecular weight excluding hydrogens is 210 g/mol. The summed E-state index contributed by atoms with van der Waals surface area (Å²) in [5.74, 6) is 1.40. The molecule has 5 nitrogen and oxygen atoms in total. The molecule has 0 saturated heterocycles. The van der Waals surface area contributed by atoms with Gasteiger partial charge in [-0.1, -0.05) is 0 Å². The van der Waals surface area contributed by atoms with Crippen molar-refractivity contribution in [3.8, 4) is 11.5 Å². The zero-order valence-electron chi connectivity index (χ0n) is 8.43. The maximum absolute atomic E-state index is 10.7. The largest absolute Gasteiger partial charge is 0.454 e. The number of fused-ring (bicyclic) bond motifs is 2. The van der Waals surface area contributed by atoms with E-state index >= 15 is 0 Å². The fraction of sp³-hybridized carbons (Fsp3) is 0.273. The van der Waals surface area contributed by atoms with Crippen LogP contribution >= 0.6 is 0 Å². The maximum atomic E-state index is 10.7. The summed E-state index contributed by atoms with van der Waals surface area (Å²) in [7, 11) is 0.